The van der Waals surface area contributed by atoms with E-state index in [9.17, 15) is 14.7 Å². The summed E-state index contributed by atoms with van der Waals surface area (Å²) >= 11 is 0. The van der Waals surface area contributed by atoms with Gasteiger partial charge in [-0.15, -0.1) is 0 Å². The normalized spacial score (nSPS) is 10.9. The number of ether oxygens (including phenoxy) is 2. The molecule has 0 aliphatic rings. The van der Waals surface area contributed by atoms with Crippen LogP contribution in [-0.4, -0.2) is 39.9 Å². The highest BCUT2D eigenvalue weighted by molar-refractivity contribution is 6.05. The number of para-hydroxylation sites is 1. The summed E-state index contributed by atoms with van der Waals surface area (Å²) in [5, 5.41) is 19.5. The van der Waals surface area contributed by atoms with Gasteiger partial charge < -0.3 is 24.3 Å². The molecule has 0 aliphatic heterocycles. The molecule has 0 spiro atoms. The zero-order chi connectivity index (χ0) is 26.7. The molecule has 0 saturated carbocycles. The Labute approximate surface area is 222 Å². The lowest BCUT2D eigenvalue weighted by molar-refractivity contribution is -0.137. The second-order valence-corrected chi connectivity index (χ2v) is 9.21. The molecule has 7 heteroatoms. The molecule has 0 unspecified atom stereocenters. The summed E-state index contributed by atoms with van der Waals surface area (Å²) in [5.41, 5.74) is 3.19. The van der Waals surface area contributed by atoms with E-state index in [0.29, 0.717) is 32.6 Å². The van der Waals surface area contributed by atoms with Crippen LogP contribution in [0.3, 0.4) is 0 Å². The van der Waals surface area contributed by atoms with E-state index in [1.807, 2.05) is 77.4 Å². The molecule has 198 valence electrons. The molecular weight excluding hydrogens is 482 g/mol. The van der Waals surface area contributed by atoms with E-state index in [1.165, 1.54) is 0 Å². The summed E-state index contributed by atoms with van der Waals surface area (Å²) in [5.74, 6) is -0.128. The highest BCUT2D eigenvalue weighted by Crippen LogP contribution is 2.27. The van der Waals surface area contributed by atoms with Crippen LogP contribution in [0.15, 0.2) is 79.0 Å². The molecule has 0 atom stereocenters. The standard InChI is InChI=1S/C31H33NO6/c33-29(34)12-7-19-32-22-27(31(35)36)30-24(8-6-11-28(30)32)16-13-23-14-17-26(18-15-23)38-21-5-4-20-37-25-9-2-1-3-10-25/h1-3,6,8-11,14-15,17-18,22H,4-5,7,12-13,16,19-21H2,(H,33,34)(H,35,36). The number of benzene rings is 3. The minimum absolute atomic E-state index is 0.0458. The van der Waals surface area contributed by atoms with Crippen LogP contribution in [0.25, 0.3) is 10.9 Å². The number of nitrogens with zero attached hydrogens (tertiary/aromatic N) is 1. The third-order valence-corrected chi connectivity index (χ3v) is 6.44. The molecule has 4 rings (SSSR count). The van der Waals surface area contributed by atoms with Crippen molar-refractivity contribution in [2.24, 2.45) is 0 Å². The maximum Gasteiger partial charge on any atom is 0.337 e. The van der Waals surface area contributed by atoms with Crippen LogP contribution in [-0.2, 0) is 24.2 Å². The molecule has 2 N–H and O–H groups in total. The Kier molecular flexibility index (Phi) is 9.40. The number of aromatic nitrogens is 1. The van der Waals surface area contributed by atoms with Crippen molar-refractivity contribution >= 4 is 22.8 Å². The summed E-state index contributed by atoms with van der Waals surface area (Å²) in [7, 11) is 0. The van der Waals surface area contributed by atoms with Crippen molar-refractivity contribution in [3.05, 3.63) is 95.7 Å². The highest BCUT2D eigenvalue weighted by Gasteiger charge is 2.17. The van der Waals surface area contributed by atoms with Crippen molar-refractivity contribution in [2.45, 2.75) is 45.1 Å². The molecule has 0 saturated heterocycles. The number of fused-ring (bicyclic) bond motifs is 1. The van der Waals surface area contributed by atoms with Crippen molar-refractivity contribution in [3.63, 3.8) is 0 Å². The minimum atomic E-state index is -0.979. The largest absolute Gasteiger partial charge is 0.494 e. The molecule has 7 nitrogen and oxygen atoms in total. The van der Waals surface area contributed by atoms with Crippen LogP contribution >= 0.6 is 0 Å². The molecule has 4 aromatic rings. The van der Waals surface area contributed by atoms with Crippen molar-refractivity contribution in [3.8, 4) is 11.5 Å². The number of carboxylic acid groups (broad SMARTS) is 2. The van der Waals surface area contributed by atoms with E-state index in [2.05, 4.69) is 0 Å². The molecule has 3 aromatic carbocycles. The topological polar surface area (TPSA) is 98.0 Å². The molecule has 0 radical (unpaired) electrons. The van der Waals surface area contributed by atoms with Gasteiger partial charge in [0, 0.05) is 30.1 Å². The van der Waals surface area contributed by atoms with Crippen LogP contribution < -0.4 is 9.47 Å². The second-order valence-electron chi connectivity index (χ2n) is 9.21. The van der Waals surface area contributed by atoms with Gasteiger partial charge in [0.1, 0.15) is 11.5 Å². The molecule has 0 fully saturated rings. The number of rotatable bonds is 15. The second kappa shape index (κ2) is 13.3. The van der Waals surface area contributed by atoms with E-state index >= 15 is 0 Å². The lowest BCUT2D eigenvalue weighted by Gasteiger charge is -2.09. The van der Waals surface area contributed by atoms with Gasteiger partial charge in [-0.05, 0) is 73.6 Å². The number of aliphatic carboxylic acids is 1. The first kappa shape index (κ1) is 26.8. The maximum absolute atomic E-state index is 12.0. The van der Waals surface area contributed by atoms with Crippen molar-refractivity contribution in [2.75, 3.05) is 13.2 Å². The zero-order valence-electron chi connectivity index (χ0n) is 21.3. The molecular formula is C31H33NO6. The third kappa shape index (κ3) is 7.38. The first-order valence-electron chi connectivity index (χ1n) is 13.0. The van der Waals surface area contributed by atoms with Crippen LogP contribution in [0, 0.1) is 0 Å². The molecule has 0 amide bonds. The Morgan fingerprint density at radius 1 is 0.737 bits per heavy atom. The van der Waals surface area contributed by atoms with Gasteiger partial charge in [-0.2, -0.15) is 0 Å². The average molecular weight is 516 g/mol. The summed E-state index contributed by atoms with van der Waals surface area (Å²) in [6.45, 7) is 1.75. The maximum atomic E-state index is 12.0. The SMILES string of the molecule is O=C(O)CCCn1cc(C(=O)O)c2c(CCc3ccc(OCCCCOc4ccccc4)cc3)cccc21. The molecule has 1 aromatic heterocycles. The number of unbranched alkanes of at least 4 members (excludes halogenated alkanes) is 1. The van der Waals surface area contributed by atoms with E-state index < -0.39 is 11.9 Å². The first-order valence-corrected chi connectivity index (χ1v) is 13.0. The fraction of sp³-hybridized carbons (Fsp3) is 0.290. The van der Waals surface area contributed by atoms with E-state index in [1.54, 1.807) is 6.20 Å². The quantitative estimate of drug-likeness (QED) is 0.182. The average Bonchev–Trinajstić information content (AvgIpc) is 3.30. The molecule has 1 heterocycles. The van der Waals surface area contributed by atoms with Crippen molar-refractivity contribution in [1.82, 2.24) is 4.57 Å². The van der Waals surface area contributed by atoms with E-state index in [4.69, 9.17) is 14.6 Å². The predicted octanol–water partition coefficient (Wildman–Crippen LogP) is 6.23. The Bertz CT molecular complexity index is 1340. The van der Waals surface area contributed by atoms with Gasteiger partial charge in [-0.25, -0.2) is 4.79 Å². The van der Waals surface area contributed by atoms with Crippen LogP contribution in [0.1, 0.15) is 47.2 Å². The Morgan fingerprint density at radius 2 is 1.42 bits per heavy atom. The Morgan fingerprint density at radius 3 is 2.08 bits per heavy atom. The van der Waals surface area contributed by atoms with Gasteiger partial charge >= 0.3 is 11.9 Å². The summed E-state index contributed by atoms with van der Waals surface area (Å²) in [6, 6.07) is 23.6. The smallest absolute Gasteiger partial charge is 0.337 e. The van der Waals surface area contributed by atoms with Crippen LogP contribution in [0.5, 0.6) is 11.5 Å². The van der Waals surface area contributed by atoms with Crippen LogP contribution in [0.2, 0.25) is 0 Å². The number of aromatic carboxylic acids is 1. The summed E-state index contributed by atoms with van der Waals surface area (Å²) < 4.78 is 13.4. The first-order chi connectivity index (χ1) is 18.5. The number of hydrogen-bond donors (Lipinski definition) is 2. The fourth-order valence-corrected chi connectivity index (χ4v) is 4.52. The Balaban J connectivity index is 1.29. The number of carboxylic acids is 2. The van der Waals surface area contributed by atoms with Gasteiger partial charge in [-0.3, -0.25) is 4.79 Å². The molecule has 0 bridgehead atoms. The van der Waals surface area contributed by atoms with Crippen molar-refractivity contribution in [1.29, 1.82) is 0 Å². The fourth-order valence-electron chi connectivity index (χ4n) is 4.52. The van der Waals surface area contributed by atoms with Crippen molar-refractivity contribution < 1.29 is 29.3 Å². The van der Waals surface area contributed by atoms with Gasteiger partial charge in [0.05, 0.1) is 18.8 Å². The van der Waals surface area contributed by atoms with Crippen LogP contribution in [0.4, 0.5) is 0 Å². The molecule has 38 heavy (non-hydrogen) atoms. The van der Waals surface area contributed by atoms with Gasteiger partial charge in [0.15, 0.2) is 0 Å². The van der Waals surface area contributed by atoms with Gasteiger partial charge in [0.2, 0.25) is 0 Å². The summed E-state index contributed by atoms with van der Waals surface area (Å²) in [6.07, 6.45) is 5.39. The predicted molar refractivity (Wildman–Crippen MR) is 146 cm³/mol. The minimum Gasteiger partial charge on any atom is -0.494 e. The molecule has 0 aliphatic carbocycles. The lowest BCUT2D eigenvalue weighted by atomic mass is 9.99. The summed E-state index contributed by atoms with van der Waals surface area (Å²) in [4.78, 5) is 22.8. The van der Waals surface area contributed by atoms with Gasteiger partial charge in [-0.1, -0.05) is 42.5 Å². The monoisotopic (exact) mass is 515 g/mol. The highest BCUT2D eigenvalue weighted by atomic mass is 16.5. The third-order valence-electron chi connectivity index (χ3n) is 6.44. The van der Waals surface area contributed by atoms with E-state index in [-0.39, 0.29) is 12.0 Å². The number of carbonyl (C=O) groups is 2. The van der Waals surface area contributed by atoms with E-state index in [0.717, 1.165) is 52.8 Å². The lowest BCUT2D eigenvalue weighted by Crippen LogP contribution is -2.02. The number of aryl methyl sites for hydroxylation is 3. The van der Waals surface area contributed by atoms with Gasteiger partial charge in [0.25, 0.3) is 0 Å². The zero-order valence-corrected chi connectivity index (χ0v) is 21.3. The number of hydrogen-bond acceptors (Lipinski definition) is 4. The Hall–Kier alpha value is -4.26.